The van der Waals surface area contributed by atoms with Crippen LogP contribution in [-0.4, -0.2) is 60.8 Å². The summed E-state index contributed by atoms with van der Waals surface area (Å²) in [5.74, 6) is -0.216. The Morgan fingerprint density at radius 2 is 0.976 bits per heavy atom. The van der Waals surface area contributed by atoms with E-state index in [1.165, 1.54) is 38.5 Å². The molecule has 2 atom stereocenters. The van der Waals surface area contributed by atoms with Crippen LogP contribution in [-0.2, 0) is 41.4 Å². The van der Waals surface area contributed by atoms with Gasteiger partial charge in [-0.1, -0.05) is 76.1 Å². The lowest BCUT2D eigenvalue weighted by atomic mass is 10.1. The van der Waals surface area contributed by atoms with Crippen LogP contribution < -0.4 is 0 Å². The normalized spacial score (nSPS) is 12.1. The van der Waals surface area contributed by atoms with Crippen LogP contribution >= 0.6 is 0 Å². The fourth-order valence-corrected chi connectivity index (χ4v) is 4.25. The van der Waals surface area contributed by atoms with E-state index in [2.05, 4.69) is 6.92 Å². The number of carbonyl (C=O) groups is 2. The molecule has 0 aromatic heterocycles. The van der Waals surface area contributed by atoms with E-state index in [0.29, 0.717) is 39.3 Å². The number of rotatable bonds is 20. The van der Waals surface area contributed by atoms with Crippen LogP contribution in [0.15, 0.2) is 48.5 Å². The number of phenolic OH excluding ortho intramolecular Hbond substituents is 2. The van der Waals surface area contributed by atoms with E-state index in [-0.39, 0.29) is 23.4 Å². The molecule has 2 N–H and O–H groups in total. The Hall–Kier alpha value is -3.10. The molecule has 0 fully saturated rings. The lowest BCUT2D eigenvalue weighted by molar-refractivity contribution is -0.157. The summed E-state index contributed by atoms with van der Waals surface area (Å²) < 4.78 is 21.2. The summed E-state index contributed by atoms with van der Waals surface area (Å²) in [6.07, 6.45) is 9.52. The van der Waals surface area contributed by atoms with Crippen molar-refractivity contribution < 1.29 is 38.7 Å². The number of unbranched alkanes of at least 4 members (excludes halogenated alkanes) is 7. The molecule has 42 heavy (non-hydrogen) atoms. The number of carbonyl (C=O) groups excluding carboxylic acids is 2. The topological polar surface area (TPSA) is 112 Å². The Labute approximate surface area is 252 Å². The van der Waals surface area contributed by atoms with Crippen LogP contribution in [0.25, 0.3) is 0 Å². The van der Waals surface area contributed by atoms with Gasteiger partial charge in [-0.05, 0) is 62.6 Å². The van der Waals surface area contributed by atoms with Crippen LogP contribution in [0.4, 0.5) is 0 Å². The summed E-state index contributed by atoms with van der Waals surface area (Å²) in [6, 6.07) is 13.5. The molecule has 8 nitrogen and oxygen atoms in total. The summed E-state index contributed by atoms with van der Waals surface area (Å²) in [7, 11) is 0. The Kier molecular flexibility index (Phi) is 20.6. The van der Waals surface area contributed by atoms with Crippen LogP contribution in [0, 0.1) is 0 Å². The van der Waals surface area contributed by atoms with Crippen molar-refractivity contribution in [1.82, 2.24) is 0 Å². The highest BCUT2D eigenvalue weighted by atomic mass is 16.6. The Morgan fingerprint density at radius 1 is 0.571 bits per heavy atom. The third kappa shape index (κ3) is 17.0. The molecule has 0 radical (unpaired) electrons. The van der Waals surface area contributed by atoms with Gasteiger partial charge in [-0.2, -0.15) is 0 Å². The molecule has 0 saturated heterocycles. The van der Waals surface area contributed by atoms with Crippen LogP contribution in [0.3, 0.4) is 0 Å². The Balaban J connectivity index is 0.000000452. The van der Waals surface area contributed by atoms with E-state index in [1.54, 1.807) is 55.5 Å². The van der Waals surface area contributed by atoms with Gasteiger partial charge < -0.3 is 29.2 Å². The quantitative estimate of drug-likeness (QED) is 0.127. The van der Waals surface area contributed by atoms with Gasteiger partial charge in [0.2, 0.25) is 0 Å². The van der Waals surface area contributed by atoms with Crippen molar-refractivity contribution in [2.24, 2.45) is 0 Å². The maximum absolute atomic E-state index is 12.2. The lowest BCUT2D eigenvalue weighted by Gasteiger charge is -2.16. The van der Waals surface area contributed by atoms with Gasteiger partial charge in [-0.3, -0.25) is 0 Å². The number of phenols is 2. The van der Waals surface area contributed by atoms with E-state index in [1.807, 2.05) is 13.8 Å². The molecule has 0 aliphatic heterocycles. The molecule has 0 bridgehead atoms. The first-order valence-electron chi connectivity index (χ1n) is 15.5. The molecule has 8 heteroatoms. The molecule has 0 amide bonds. The zero-order valence-electron chi connectivity index (χ0n) is 26.0. The third-order valence-corrected chi connectivity index (χ3v) is 6.51. The van der Waals surface area contributed by atoms with Gasteiger partial charge >= 0.3 is 11.9 Å². The minimum absolute atomic E-state index is 0.206. The van der Waals surface area contributed by atoms with Gasteiger partial charge in [-0.25, -0.2) is 9.59 Å². The second-order valence-electron chi connectivity index (χ2n) is 10.0. The number of hydrogen-bond acceptors (Lipinski definition) is 8. The number of esters is 2. The molecule has 2 rings (SSSR count). The Morgan fingerprint density at radius 3 is 1.38 bits per heavy atom. The van der Waals surface area contributed by atoms with Crippen molar-refractivity contribution in [2.45, 2.75) is 104 Å². The van der Waals surface area contributed by atoms with Crippen LogP contribution in [0.1, 0.15) is 90.2 Å². The highest BCUT2D eigenvalue weighted by Crippen LogP contribution is 2.15. The van der Waals surface area contributed by atoms with Crippen molar-refractivity contribution in [2.75, 3.05) is 26.4 Å². The van der Waals surface area contributed by atoms with Gasteiger partial charge in [0.25, 0.3) is 0 Å². The number of ether oxygens (including phenoxy) is 4. The summed E-state index contributed by atoms with van der Waals surface area (Å²) >= 11 is 0. The fraction of sp³-hybridized carbons (Fsp3) is 0.588. The van der Waals surface area contributed by atoms with Gasteiger partial charge in [-0.15, -0.1) is 0 Å². The molecule has 0 spiro atoms. The minimum Gasteiger partial charge on any atom is -0.508 e. The highest BCUT2D eigenvalue weighted by Gasteiger charge is 2.21. The average Bonchev–Trinajstić information content (AvgIpc) is 2.98. The SMILES string of the molecule is CCCCCCCCCCOC(=O)[C@H](Cc1ccc(O)cc1)OCC.CCOC(=O)[C@@H](Cc1ccc(O)cc1)OCC. The monoisotopic (exact) mass is 588 g/mol. The lowest BCUT2D eigenvalue weighted by Crippen LogP contribution is -2.29. The molecule has 0 saturated carbocycles. The third-order valence-electron chi connectivity index (χ3n) is 6.51. The summed E-state index contributed by atoms with van der Waals surface area (Å²) in [6.45, 7) is 9.44. The van der Waals surface area contributed by atoms with Crippen LogP contribution in [0.2, 0.25) is 0 Å². The number of aromatic hydroxyl groups is 2. The van der Waals surface area contributed by atoms with Crippen LogP contribution in [0.5, 0.6) is 11.5 Å². The average molecular weight is 589 g/mol. The molecular weight excluding hydrogens is 536 g/mol. The first-order valence-corrected chi connectivity index (χ1v) is 15.5. The smallest absolute Gasteiger partial charge is 0.335 e. The minimum atomic E-state index is -0.580. The predicted molar refractivity (Wildman–Crippen MR) is 165 cm³/mol. The standard InChI is InChI=1S/C21H34O4.C13H18O4/c1-3-5-6-7-8-9-10-11-16-25-21(23)20(24-4-2)17-18-12-14-19(22)15-13-18;1-3-16-12(13(15)17-4-2)9-10-5-7-11(14)8-6-10/h12-15,20,22H,3-11,16-17H2,1-2H3;5-8,12,14H,3-4,9H2,1-2H3/t20-;12-/m01/s1. The first-order chi connectivity index (χ1) is 20.3. The number of benzene rings is 2. The first kappa shape index (κ1) is 36.9. The largest absolute Gasteiger partial charge is 0.508 e. The fourth-order valence-electron chi connectivity index (χ4n) is 4.25. The van der Waals surface area contributed by atoms with Crippen molar-refractivity contribution in [1.29, 1.82) is 0 Å². The number of hydrogen-bond donors (Lipinski definition) is 2. The summed E-state index contributed by atoms with van der Waals surface area (Å²) in [4.78, 5) is 23.8. The van der Waals surface area contributed by atoms with Crippen molar-refractivity contribution in [3.63, 3.8) is 0 Å². The summed E-state index contributed by atoms with van der Waals surface area (Å²) in [5.41, 5.74) is 1.87. The molecule has 0 heterocycles. The molecule has 0 unspecified atom stereocenters. The van der Waals surface area contributed by atoms with E-state index in [9.17, 15) is 14.7 Å². The molecule has 2 aromatic carbocycles. The highest BCUT2D eigenvalue weighted by molar-refractivity contribution is 5.75. The predicted octanol–water partition coefficient (Wildman–Crippen LogP) is 6.93. The second-order valence-corrected chi connectivity index (χ2v) is 10.0. The molecule has 0 aliphatic carbocycles. The molecule has 236 valence electrons. The van der Waals surface area contributed by atoms with Gasteiger partial charge in [0.1, 0.15) is 11.5 Å². The molecular formula is C34H52O8. The Bertz CT molecular complexity index is 959. The summed E-state index contributed by atoms with van der Waals surface area (Å²) in [5, 5.41) is 18.5. The van der Waals surface area contributed by atoms with E-state index < -0.39 is 12.2 Å². The zero-order valence-corrected chi connectivity index (χ0v) is 26.0. The van der Waals surface area contributed by atoms with Crippen molar-refractivity contribution >= 4 is 11.9 Å². The molecule has 0 aliphatic rings. The van der Waals surface area contributed by atoms with Gasteiger partial charge in [0.05, 0.1) is 13.2 Å². The van der Waals surface area contributed by atoms with E-state index in [0.717, 1.165) is 24.0 Å². The van der Waals surface area contributed by atoms with Gasteiger partial charge in [0.15, 0.2) is 12.2 Å². The van der Waals surface area contributed by atoms with E-state index >= 15 is 0 Å². The van der Waals surface area contributed by atoms with Crippen molar-refractivity contribution in [3.8, 4) is 11.5 Å². The van der Waals surface area contributed by atoms with Gasteiger partial charge in [0, 0.05) is 26.1 Å². The zero-order chi connectivity index (χ0) is 31.0. The molecule has 2 aromatic rings. The maximum Gasteiger partial charge on any atom is 0.335 e. The van der Waals surface area contributed by atoms with Crippen molar-refractivity contribution in [3.05, 3.63) is 59.7 Å². The second kappa shape index (κ2) is 23.5. The van der Waals surface area contributed by atoms with E-state index in [4.69, 9.17) is 24.1 Å². The maximum atomic E-state index is 12.2.